The molecule has 1 heterocycles. The molecule has 0 unspecified atom stereocenters. The minimum Gasteiger partial charge on any atom is -0.342 e. The van der Waals surface area contributed by atoms with Gasteiger partial charge in [0.2, 0.25) is 5.91 Å². The van der Waals surface area contributed by atoms with Crippen LogP contribution in [0.3, 0.4) is 0 Å². The van der Waals surface area contributed by atoms with Crippen molar-refractivity contribution in [3.63, 3.8) is 0 Å². The number of amides is 3. The van der Waals surface area contributed by atoms with E-state index < -0.39 is 17.8 Å². The maximum atomic E-state index is 12.8. The molecule has 28 heavy (non-hydrogen) atoms. The molecule has 0 saturated carbocycles. The Hall–Kier alpha value is -2.29. The number of hydrogen-bond donors (Lipinski definition) is 1. The Labute approximate surface area is 163 Å². The van der Waals surface area contributed by atoms with Crippen LogP contribution < -0.4 is 5.32 Å². The monoisotopic (exact) mass is 400 g/mol. The predicted octanol–water partition coefficient (Wildman–Crippen LogP) is 3.11. The summed E-state index contributed by atoms with van der Waals surface area (Å²) in [5.41, 5.74) is -0.695. The molecule has 0 radical (unpaired) electrons. The van der Waals surface area contributed by atoms with Gasteiger partial charge >= 0.3 is 12.2 Å². The molecular formula is C19H27F3N4O2. The first-order chi connectivity index (χ1) is 13.2. The molecule has 3 amide bonds. The highest BCUT2D eigenvalue weighted by molar-refractivity contribution is 5.89. The Bertz CT molecular complexity index is 677. The number of urea groups is 1. The average Bonchev–Trinajstić information content (AvgIpc) is 2.88. The topological polar surface area (TPSA) is 55.9 Å². The van der Waals surface area contributed by atoms with Gasteiger partial charge < -0.3 is 15.1 Å². The van der Waals surface area contributed by atoms with E-state index in [1.807, 2.05) is 18.7 Å². The number of alkyl halides is 3. The standard InChI is InChI=1S/C19H27F3N4O2/c1-3-25(4-2)17(27)14-24-9-6-10-26(12-11-24)18(28)23-16-8-5-7-15(13-16)19(20,21)22/h5,7-8,13H,3-4,6,9-12,14H2,1-2H3,(H,23,28). The number of carbonyl (C=O) groups excluding carboxylic acids is 2. The SMILES string of the molecule is CCN(CC)C(=O)CN1CCCN(C(=O)Nc2cccc(C(F)(F)F)c2)CC1. The number of halogens is 3. The second-order valence-electron chi connectivity index (χ2n) is 6.69. The molecular weight excluding hydrogens is 373 g/mol. The number of benzene rings is 1. The molecule has 0 spiro atoms. The van der Waals surface area contributed by atoms with Gasteiger partial charge in [-0.3, -0.25) is 9.69 Å². The number of hydrogen-bond acceptors (Lipinski definition) is 3. The molecule has 1 aromatic rings. The molecule has 156 valence electrons. The summed E-state index contributed by atoms with van der Waals surface area (Å²) >= 11 is 0. The highest BCUT2D eigenvalue weighted by Crippen LogP contribution is 2.30. The van der Waals surface area contributed by atoms with E-state index >= 15 is 0 Å². The molecule has 0 aliphatic carbocycles. The molecule has 0 bridgehead atoms. The zero-order chi connectivity index (χ0) is 20.7. The van der Waals surface area contributed by atoms with Gasteiger partial charge in [0.1, 0.15) is 0 Å². The minimum absolute atomic E-state index is 0.0619. The fourth-order valence-electron chi connectivity index (χ4n) is 3.18. The molecule has 1 fully saturated rings. The molecule has 0 atom stereocenters. The molecule has 9 heteroatoms. The number of carbonyl (C=O) groups is 2. The summed E-state index contributed by atoms with van der Waals surface area (Å²) in [5, 5.41) is 2.54. The Balaban J connectivity index is 1.91. The lowest BCUT2D eigenvalue weighted by atomic mass is 10.2. The lowest BCUT2D eigenvalue weighted by Crippen LogP contribution is -2.42. The third kappa shape index (κ3) is 6.12. The first-order valence-electron chi connectivity index (χ1n) is 9.48. The van der Waals surface area contributed by atoms with E-state index in [4.69, 9.17) is 0 Å². The Kier molecular flexibility index (Phi) is 7.68. The van der Waals surface area contributed by atoms with Gasteiger partial charge in [0.25, 0.3) is 0 Å². The van der Waals surface area contributed by atoms with Crippen LogP contribution in [0.5, 0.6) is 0 Å². The van der Waals surface area contributed by atoms with Crippen molar-refractivity contribution >= 4 is 17.6 Å². The van der Waals surface area contributed by atoms with E-state index in [-0.39, 0.29) is 11.6 Å². The van der Waals surface area contributed by atoms with Gasteiger partial charge in [-0.25, -0.2) is 4.79 Å². The second-order valence-corrected chi connectivity index (χ2v) is 6.69. The summed E-state index contributed by atoms with van der Waals surface area (Å²) in [5.74, 6) is 0.0619. The quantitative estimate of drug-likeness (QED) is 0.826. The predicted molar refractivity (Wildman–Crippen MR) is 101 cm³/mol. The number of nitrogens with zero attached hydrogens (tertiary/aromatic N) is 3. The lowest BCUT2D eigenvalue weighted by Gasteiger charge is -2.25. The summed E-state index contributed by atoms with van der Waals surface area (Å²) in [6.07, 6.45) is -3.76. The number of likely N-dealkylation sites (N-methyl/N-ethyl adjacent to an activating group) is 1. The average molecular weight is 400 g/mol. The zero-order valence-electron chi connectivity index (χ0n) is 16.3. The van der Waals surface area contributed by atoms with E-state index in [0.29, 0.717) is 52.2 Å². The van der Waals surface area contributed by atoms with Gasteiger partial charge in [-0.1, -0.05) is 6.07 Å². The van der Waals surface area contributed by atoms with E-state index in [1.165, 1.54) is 12.1 Å². The molecule has 2 rings (SSSR count). The Morgan fingerprint density at radius 1 is 1.11 bits per heavy atom. The molecule has 1 aliphatic rings. The van der Waals surface area contributed by atoms with Crippen LogP contribution in [0.4, 0.5) is 23.7 Å². The first-order valence-corrected chi connectivity index (χ1v) is 9.48. The van der Waals surface area contributed by atoms with Gasteiger partial charge in [-0.05, 0) is 38.5 Å². The summed E-state index contributed by atoms with van der Waals surface area (Å²) in [4.78, 5) is 30.1. The van der Waals surface area contributed by atoms with Crippen molar-refractivity contribution in [2.24, 2.45) is 0 Å². The van der Waals surface area contributed by atoms with Gasteiger partial charge in [-0.15, -0.1) is 0 Å². The van der Waals surface area contributed by atoms with Gasteiger partial charge in [0.05, 0.1) is 12.1 Å². The normalized spacial score (nSPS) is 15.8. The van der Waals surface area contributed by atoms with Crippen LogP contribution in [0.1, 0.15) is 25.8 Å². The Morgan fingerprint density at radius 2 is 1.82 bits per heavy atom. The van der Waals surface area contributed by atoms with Crippen LogP contribution in [-0.2, 0) is 11.0 Å². The van der Waals surface area contributed by atoms with E-state index in [1.54, 1.807) is 9.80 Å². The summed E-state index contributed by atoms with van der Waals surface area (Å²) < 4.78 is 38.4. The smallest absolute Gasteiger partial charge is 0.342 e. The molecule has 1 saturated heterocycles. The van der Waals surface area contributed by atoms with Crippen LogP contribution in [0.15, 0.2) is 24.3 Å². The highest BCUT2D eigenvalue weighted by atomic mass is 19.4. The molecule has 1 N–H and O–H groups in total. The lowest BCUT2D eigenvalue weighted by molar-refractivity contribution is -0.137. The number of rotatable bonds is 5. The minimum atomic E-state index is -4.46. The zero-order valence-corrected chi connectivity index (χ0v) is 16.3. The van der Waals surface area contributed by atoms with Gasteiger partial charge in [0, 0.05) is 45.0 Å². The van der Waals surface area contributed by atoms with Crippen molar-refractivity contribution in [2.45, 2.75) is 26.4 Å². The third-order valence-corrected chi connectivity index (χ3v) is 4.79. The van der Waals surface area contributed by atoms with E-state index in [0.717, 1.165) is 12.1 Å². The van der Waals surface area contributed by atoms with Crippen molar-refractivity contribution in [3.8, 4) is 0 Å². The fourth-order valence-corrected chi connectivity index (χ4v) is 3.18. The molecule has 0 aromatic heterocycles. The van der Waals surface area contributed by atoms with Crippen LogP contribution >= 0.6 is 0 Å². The first kappa shape index (κ1) is 22.0. The van der Waals surface area contributed by atoms with E-state index in [9.17, 15) is 22.8 Å². The number of anilines is 1. The van der Waals surface area contributed by atoms with Crippen molar-refractivity contribution < 1.29 is 22.8 Å². The maximum Gasteiger partial charge on any atom is 0.416 e. The third-order valence-electron chi connectivity index (χ3n) is 4.79. The number of nitrogens with one attached hydrogen (secondary N) is 1. The molecule has 1 aromatic carbocycles. The van der Waals surface area contributed by atoms with Gasteiger partial charge in [0.15, 0.2) is 0 Å². The van der Waals surface area contributed by atoms with Crippen molar-refractivity contribution in [1.29, 1.82) is 0 Å². The highest BCUT2D eigenvalue weighted by Gasteiger charge is 2.30. The molecule has 6 nitrogen and oxygen atoms in total. The van der Waals surface area contributed by atoms with Crippen LogP contribution in [0, 0.1) is 0 Å². The summed E-state index contributed by atoms with van der Waals surface area (Å²) in [6, 6.07) is 4.15. The van der Waals surface area contributed by atoms with Crippen molar-refractivity contribution in [2.75, 3.05) is 51.1 Å². The van der Waals surface area contributed by atoms with Crippen molar-refractivity contribution in [3.05, 3.63) is 29.8 Å². The van der Waals surface area contributed by atoms with Crippen LogP contribution in [-0.4, -0.2) is 72.5 Å². The Morgan fingerprint density at radius 3 is 2.46 bits per heavy atom. The second kappa shape index (κ2) is 9.77. The summed E-state index contributed by atoms with van der Waals surface area (Å²) in [7, 11) is 0. The van der Waals surface area contributed by atoms with Crippen LogP contribution in [0.25, 0.3) is 0 Å². The maximum absolute atomic E-state index is 12.8. The van der Waals surface area contributed by atoms with E-state index in [2.05, 4.69) is 5.32 Å². The van der Waals surface area contributed by atoms with Crippen LogP contribution in [0.2, 0.25) is 0 Å². The van der Waals surface area contributed by atoms with Crippen molar-refractivity contribution in [1.82, 2.24) is 14.7 Å². The summed E-state index contributed by atoms with van der Waals surface area (Å²) in [6.45, 7) is 7.64. The molecule has 1 aliphatic heterocycles. The van der Waals surface area contributed by atoms with Gasteiger partial charge in [-0.2, -0.15) is 13.2 Å². The largest absolute Gasteiger partial charge is 0.416 e. The fraction of sp³-hybridized carbons (Fsp3) is 0.579.